The highest BCUT2D eigenvalue weighted by Gasteiger charge is 2.35. The quantitative estimate of drug-likeness (QED) is 0.376. The Kier molecular flexibility index (Phi) is 6.78. The molecule has 0 saturated carbocycles. The first-order valence-electron chi connectivity index (χ1n) is 13.7. The van der Waals surface area contributed by atoms with Gasteiger partial charge in [0.15, 0.2) is 0 Å². The highest BCUT2D eigenvalue weighted by Crippen LogP contribution is 2.39. The Balaban J connectivity index is 1.29. The molecule has 2 aliphatic rings. The lowest BCUT2D eigenvalue weighted by Crippen LogP contribution is -2.39. The maximum absolute atomic E-state index is 13.7. The molecule has 40 heavy (non-hydrogen) atoms. The van der Waals surface area contributed by atoms with Crippen LogP contribution in [-0.4, -0.2) is 61.0 Å². The van der Waals surface area contributed by atoms with Crippen LogP contribution in [0.4, 0.5) is 0 Å². The molecule has 210 valence electrons. The Morgan fingerprint density at radius 1 is 1.20 bits per heavy atom. The Hall–Kier alpha value is -3.50. The molecule has 0 aliphatic carbocycles. The number of hydrogen-bond acceptors (Lipinski definition) is 6. The van der Waals surface area contributed by atoms with E-state index in [2.05, 4.69) is 25.0 Å². The SMILES string of the molecule is COC(C)(C)c1cnc2n1Cc1c(cc(Cl)c3[nH]ncc13)C[C@H]2CC(=O)N1CCC(c2cc(C)n[nH]c2=O)CC1. The van der Waals surface area contributed by atoms with E-state index in [1.54, 1.807) is 7.11 Å². The zero-order valence-electron chi connectivity index (χ0n) is 23.3. The van der Waals surface area contributed by atoms with Gasteiger partial charge in [-0.05, 0) is 69.2 Å². The van der Waals surface area contributed by atoms with Crippen LogP contribution < -0.4 is 5.56 Å². The van der Waals surface area contributed by atoms with E-state index in [1.807, 2.05) is 50.2 Å². The van der Waals surface area contributed by atoms with Gasteiger partial charge in [0.25, 0.3) is 5.56 Å². The Labute approximate surface area is 237 Å². The third-order valence-electron chi connectivity index (χ3n) is 8.72. The molecule has 0 radical (unpaired) electrons. The number of imidazole rings is 1. The zero-order valence-corrected chi connectivity index (χ0v) is 24.0. The standard InChI is InChI=1S/C29H34ClN7O3/c1-16-9-20(28(39)35-33-16)17-5-7-36(8-6-17)25(38)12-19-10-18-11-23(30)26-21(13-32-34-26)22(18)15-37-24(14-31-27(19)37)29(2,3)40-4/h9,11,13-14,17,19H,5-8,10,12,15H2,1-4H3,(H,32,34)(H,35,39)/t19-/m0/s1. The number of methoxy groups -OCH3 is 1. The van der Waals surface area contributed by atoms with Crippen molar-refractivity contribution >= 4 is 28.4 Å². The van der Waals surface area contributed by atoms with E-state index < -0.39 is 5.60 Å². The summed E-state index contributed by atoms with van der Waals surface area (Å²) in [5.41, 5.74) is 4.87. The summed E-state index contributed by atoms with van der Waals surface area (Å²) in [4.78, 5) is 32.9. The number of halogens is 1. The predicted octanol–water partition coefficient (Wildman–Crippen LogP) is 4.17. The summed E-state index contributed by atoms with van der Waals surface area (Å²) in [5.74, 6) is 0.978. The van der Waals surface area contributed by atoms with E-state index in [-0.39, 0.29) is 23.3 Å². The van der Waals surface area contributed by atoms with E-state index in [4.69, 9.17) is 21.3 Å². The lowest BCUT2D eigenvalue weighted by molar-refractivity contribution is -0.132. The van der Waals surface area contributed by atoms with Gasteiger partial charge in [0.1, 0.15) is 11.4 Å². The number of ether oxygens (including phenoxy) is 1. The minimum absolute atomic E-state index is 0.101. The Morgan fingerprint density at radius 2 is 1.98 bits per heavy atom. The molecule has 6 rings (SSSR count). The monoisotopic (exact) mass is 563 g/mol. The molecule has 1 aromatic carbocycles. The van der Waals surface area contributed by atoms with E-state index in [0.717, 1.165) is 57.6 Å². The van der Waals surface area contributed by atoms with Gasteiger partial charge in [-0.15, -0.1) is 0 Å². The number of likely N-dealkylation sites (tertiary alicyclic amines) is 1. The van der Waals surface area contributed by atoms with Crippen molar-refractivity contribution in [2.75, 3.05) is 20.2 Å². The molecule has 2 aliphatic heterocycles. The van der Waals surface area contributed by atoms with Gasteiger partial charge >= 0.3 is 0 Å². The van der Waals surface area contributed by atoms with Gasteiger partial charge in [-0.2, -0.15) is 10.2 Å². The molecule has 1 fully saturated rings. The van der Waals surface area contributed by atoms with Crippen molar-refractivity contribution in [1.82, 2.24) is 34.8 Å². The molecule has 1 amide bonds. The third-order valence-corrected chi connectivity index (χ3v) is 9.02. The fourth-order valence-electron chi connectivity index (χ4n) is 6.31. The topological polar surface area (TPSA) is 122 Å². The van der Waals surface area contributed by atoms with Crippen LogP contribution in [0.5, 0.6) is 0 Å². The number of aryl methyl sites for hydroxylation is 1. The first kappa shape index (κ1) is 26.7. The van der Waals surface area contributed by atoms with Crippen molar-refractivity contribution in [2.24, 2.45) is 0 Å². The second kappa shape index (κ2) is 10.2. The van der Waals surface area contributed by atoms with E-state index in [9.17, 15) is 9.59 Å². The van der Waals surface area contributed by atoms with Crippen LogP contribution in [0, 0.1) is 6.92 Å². The number of H-pyrrole nitrogens is 2. The molecule has 1 atom stereocenters. The largest absolute Gasteiger partial charge is 0.373 e. The molecule has 3 aromatic heterocycles. The summed E-state index contributed by atoms with van der Waals surface area (Å²) >= 11 is 6.64. The maximum atomic E-state index is 13.7. The van der Waals surface area contributed by atoms with Gasteiger partial charge in [0.2, 0.25) is 5.91 Å². The number of carbonyl (C=O) groups excluding carboxylic acids is 1. The Morgan fingerprint density at radius 3 is 2.73 bits per heavy atom. The van der Waals surface area contributed by atoms with Crippen LogP contribution in [0.3, 0.4) is 0 Å². The van der Waals surface area contributed by atoms with E-state index in [1.165, 1.54) is 0 Å². The molecule has 11 heteroatoms. The highest BCUT2D eigenvalue weighted by atomic mass is 35.5. The van der Waals surface area contributed by atoms with Crippen molar-refractivity contribution in [3.8, 4) is 0 Å². The first-order chi connectivity index (χ1) is 19.2. The fourth-order valence-corrected chi connectivity index (χ4v) is 6.58. The molecule has 2 N–H and O–H groups in total. The summed E-state index contributed by atoms with van der Waals surface area (Å²) in [6.45, 7) is 7.75. The number of fused-ring (bicyclic) bond motifs is 4. The third kappa shape index (κ3) is 4.62. The second-order valence-electron chi connectivity index (χ2n) is 11.5. The molecule has 0 bridgehead atoms. The van der Waals surface area contributed by atoms with E-state index >= 15 is 0 Å². The van der Waals surface area contributed by atoms with Crippen LogP contribution in [-0.2, 0) is 28.1 Å². The van der Waals surface area contributed by atoms with E-state index in [0.29, 0.717) is 37.5 Å². The lowest BCUT2D eigenvalue weighted by Gasteiger charge is -2.33. The second-order valence-corrected chi connectivity index (χ2v) is 11.9. The van der Waals surface area contributed by atoms with Crippen molar-refractivity contribution in [3.63, 3.8) is 0 Å². The number of nitrogens with one attached hydrogen (secondary N) is 2. The highest BCUT2D eigenvalue weighted by molar-refractivity contribution is 6.35. The fraction of sp³-hybridized carbons (Fsp3) is 0.483. The molecule has 10 nitrogen and oxygen atoms in total. The number of amides is 1. The molecule has 5 heterocycles. The number of aromatic amines is 2. The van der Waals surface area contributed by atoms with Gasteiger partial charge in [0.05, 0.1) is 40.9 Å². The summed E-state index contributed by atoms with van der Waals surface area (Å²) < 4.78 is 8.04. The number of benzene rings is 1. The van der Waals surface area contributed by atoms with Gasteiger partial charge in [-0.3, -0.25) is 14.7 Å². The number of carbonyl (C=O) groups is 1. The van der Waals surface area contributed by atoms with Crippen molar-refractivity contribution in [1.29, 1.82) is 0 Å². The summed E-state index contributed by atoms with van der Waals surface area (Å²) in [6.07, 6.45) is 6.19. The van der Waals surface area contributed by atoms with Crippen molar-refractivity contribution < 1.29 is 9.53 Å². The van der Waals surface area contributed by atoms with Crippen LogP contribution in [0.2, 0.25) is 5.02 Å². The smallest absolute Gasteiger partial charge is 0.267 e. The van der Waals surface area contributed by atoms with Crippen molar-refractivity contribution in [2.45, 2.75) is 70.4 Å². The van der Waals surface area contributed by atoms with Crippen LogP contribution in [0.15, 0.2) is 29.3 Å². The normalized spacial score (nSPS) is 18.0. The zero-order chi connectivity index (χ0) is 28.2. The van der Waals surface area contributed by atoms with Crippen molar-refractivity contribution in [3.05, 3.63) is 73.8 Å². The molecule has 1 saturated heterocycles. The van der Waals surface area contributed by atoms with Gasteiger partial charge in [-0.1, -0.05) is 11.6 Å². The molecular formula is C29H34ClN7O3. The average Bonchev–Trinajstić information content (AvgIpc) is 3.57. The van der Waals surface area contributed by atoms with Gasteiger partial charge in [0, 0.05) is 43.5 Å². The number of rotatable bonds is 5. The number of piperidine rings is 1. The van der Waals surface area contributed by atoms with Crippen LogP contribution >= 0.6 is 11.6 Å². The summed E-state index contributed by atoms with van der Waals surface area (Å²) in [6, 6.07) is 3.87. The minimum atomic E-state index is -0.558. The Bertz CT molecular complexity index is 1650. The minimum Gasteiger partial charge on any atom is -0.373 e. The lowest BCUT2D eigenvalue weighted by atomic mass is 9.89. The molecular weight excluding hydrogens is 530 g/mol. The first-order valence-corrected chi connectivity index (χ1v) is 14.1. The average molecular weight is 564 g/mol. The predicted molar refractivity (Wildman–Crippen MR) is 152 cm³/mol. The molecule has 4 aromatic rings. The molecule has 0 spiro atoms. The van der Waals surface area contributed by atoms with Gasteiger partial charge in [-0.25, -0.2) is 10.1 Å². The van der Waals surface area contributed by atoms with Crippen LogP contribution in [0.25, 0.3) is 10.9 Å². The number of aromatic nitrogens is 6. The summed E-state index contributed by atoms with van der Waals surface area (Å²) in [5, 5.41) is 15.5. The van der Waals surface area contributed by atoms with Gasteiger partial charge < -0.3 is 14.2 Å². The number of nitrogens with zero attached hydrogens (tertiary/aromatic N) is 5. The molecule has 0 unspecified atom stereocenters. The van der Waals surface area contributed by atoms with Crippen LogP contribution in [0.1, 0.15) is 78.8 Å². The number of hydrogen-bond donors (Lipinski definition) is 2. The maximum Gasteiger partial charge on any atom is 0.267 e. The summed E-state index contributed by atoms with van der Waals surface area (Å²) in [7, 11) is 1.70.